The smallest absolute Gasteiger partial charge is 0.459 e. The topological polar surface area (TPSA) is 85.3 Å². The second kappa shape index (κ2) is 14.6. The van der Waals surface area contributed by atoms with E-state index in [2.05, 4.69) is 4.74 Å². The van der Waals surface area contributed by atoms with Crippen molar-refractivity contribution >= 4 is 12.1 Å². The Hall–Kier alpha value is -2.98. The van der Waals surface area contributed by atoms with Gasteiger partial charge < -0.3 is 24.2 Å². The van der Waals surface area contributed by atoms with Crippen molar-refractivity contribution in [3.8, 4) is 5.75 Å². The number of halogens is 10. The molecule has 0 aromatic heterocycles. The molecule has 1 amide bonds. The molecule has 0 aliphatic carbocycles. The molecule has 0 bridgehead atoms. The Kier molecular flexibility index (Phi) is 12.8. The third-order valence-electron chi connectivity index (χ3n) is 5.22. The number of hydrogen-bond donors (Lipinski definition) is 1. The number of carbonyl (C=O) groups is 2. The Morgan fingerprint density at radius 3 is 2.02 bits per heavy atom. The van der Waals surface area contributed by atoms with E-state index in [0.717, 1.165) is 0 Å². The van der Waals surface area contributed by atoms with Crippen LogP contribution in [0.4, 0.5) is 48.7 Å². The normalized spacial score (nSPS) is 13.6. The fourth-order valence-electron chi connectivity index (χ4n) is 3.17. The molecule has 1 N–H and O–H groups in total. The summed E-state index contributed by atoms with van der Waals surface area (Å²) in [7, 11) is 0. The SMILES string of the molecule is CCOC(Cc1ccc(OCCN(CCCCC(F)(F)C(F)(F)C(F)(F)F)C(=O)OCC(F)(F)F)cc1)C(=O)O. The molecule has 230 valence electrons. The van der Waals surface area contributed by atoms with Crippen LogP contribution >= 0.6 is 0 Å². The van der Waals surface area contributed by atoms with Crippen molar-refractivity contribution in [2.75, 3.05) is 32.9 Å². The Labute approximate surface area is 222 Å². The molecular weight excluding hydrogens is 576 g/mol. The molecule has 1 aromatic carbocycles. The second-order valence-electron chi connectivity index (χ2n) is 8.37. The lowest BCUT2D eigenvalue weighted by Gasteiger charge is -2.28. The van der Waals surface area contributed by atoms with E-state index in [0.29, 0.717) is 10.5 Å². The van der Waals surface area contributed by atoms with Crippen LogP contribution in [0, 0.1) is 0 Å². The minimum atomic E-state index is -6.50. The Balaban J connectivity index is 2.74. The molecule has 1 aromatic rings. The Morgan fingerprint density at radius 2 is 1.52 bits per heavy atom. The van der Waals surface area contributed by atoms with Crippen molar-refractivity contribution in [2.24, 2.45) is 0 Å². The molecule has 1 atom stereocenters. The Morgan fingerprint density at radius 1 is 0.925 bits per heavy atom. The molecule has 0 fully saturated rings. The van der Waals surface area contributed by atoms with Crippen molar-refractivity contribution in [1.82, 2.24) is 4.90 Å². The molecule has 0 radical (unpaired) electrons. The molecule has 1 unspecified atom stereocenters. The summed E-state index contributed by atoms with van der Waals surface area (Å²) in [5.41, 5.74) is 0.568. The van der Waals surface area contributed by atoms with E-state index in [-0.39, 0.29) is 25.4 Å². The number of nitrogens with zero attached hydrogens (tertiary/aromatic N) is 1. The van der Waals surface area contributed by atoms with Gasteiger partial charge in [0.25, 0.3) is 0 Å². The van der Waals surface area contributed by atoms with Gasteiger partial charge in [-0.1, -0.05) is 12.1 Å². The molecule has 0 saturated heterocycles. The zero-order chi connectivity index (χ0) is 30.8. The number of alkyl halides is 10. The first-order chi connectivity index (χ1) is 18.3. The monoisotopic (exact) mass is 603 g/mol. The predicted molar refractivity (Wildman–Crippen MR) is 117 cm³/mol. The average molecular weight is 603 g/mol. The lowest BCUT2D eigenvalue weighted by Crippen LogP contribution is -2.51. The summed E-state index contributed by atoms with van der Waals surface area (Å²) in [6, 6.07) is 5.87. The highest BCUT2D eigenvalue weighted by Gasteiger charge is 2.72. The highest BCUT2D eigenvalue weighted by molar-refractivity contribution is 5.72. The third kappa shape index (κ3) is 11.3. The van der Waals surface area contributed by atoms with E-state index >= 15 is 0 Å². The quantitative estimate of drug-likeness (QED) is 0.182. The number of benzene rings is 1. The van der Waals surface area contributed by atoms with Gasteiger partial charge in [0.1, 0.15) is 12.4 Å². The first-order valence-corrected chi connectivity index (χ1v) is 11.7. The largest absolute Gasteiger partial charge is 0.492 e. The summed E-state index contributed by atoms with van der Waals surface area (Å²) in [5.74, 6) is -12.7. The van der Waals surface area contributed by atoms with Crippen LogP contribution in [0.2, 0.25) is 0 Å². The summed E-state index contributed by atoms with van der Waals surface area (Å²) in [6.45, 7) is -1.63. The zero-order valence-corrected chi connectivity index (χ0v) is 21.0. The number of hydrogen-bond acceptors (Lipinski definition) is 5. The van der Waals surface area contributed by atoms with Crippen molar-refractivity contribution in [3.05, 3.63) is 29.8 Å². The number of ether oxygens (including phenoxy) is 3. The molecule has 17 heteroatoms. The predicted octanol–water partition coefficient (Wildman–Crippen LogP) is 6.10. The first kappa shape index (κ1) is 35.0. The van der Waals surface area contributed by atoms with Crippen LogP contribution < -0.4 is 4.74 Å². The minimum Gasteiger partial charge on any atom is -0.492 e. The standard InChI is InChI=1S/C23H27F10NO6/c1-2-38-17(18(35)36)13-15-5-7-16(8-6-15)39-12-11-34(19(37)40-14-21(26,27)28)10-4-3-9-20(24,25)22(29,30)23(31,32)33/h5-8,17H,2-4,9-14H2,1H3,(H,35,36). The molecular formula is C23H27F10NO6. The average Bonchev–Trinajstić information content (AvgIpc) is 2.83. The van der Waals surface area contributed by atoms with E-state index in [9.17, 15) is 53.5 Å². The number of rotatable bonds is 16. The summed E-state index contributed by atoms with van der Waals surface area (Å²) < 4.78 is 141. The molecule has 0 aliphatic heterocycles. The van der Waals surface area contributed by atoms with Gasteiger partial charge in [-0.05, 0) is 37.5 Å². The van der Waals surface area contributed by atoms with E-state index in [1.807, 2.05) is 0 Å². The summed E-state index contributed by atoms with van der Waals surface area (Å²) in [4.78, 5) is 23.8. The lowest BCUT2D eigenvalue weighted by atomic mass is 10.0. The third-order valence-corrected chi connectivity index (χ3v) is 5.22. The lowest BCUT2D eigenvalue weighted by molar-refractivity contribution is -0.355. The van der Waals surface area contributed by atoms with Crippen LogP contribution in [0.3, 0.4) is 0 Å². The van der Waals surface area contributed by atoms with Gasteiger partial charge in [-0.3, -0.25) is 0 Å². The fraction of sp³-hybridized carbons (Fsp3) is 0.652. The van der Waals surface area contributed by atoms with Gasteiger partial charge in [-0.25, -0.2) is 9.59 Å². The van der Waals surface area contributed by atoms with Gasteiger partial charge in [0.05, 0.1) is 6.54 Å². The molecule has 0 spiro atoms. The van der Waals surface area contributed by atoms with Gasteiger partial charge in [-0.15, -0.1) is 0 Å². The van der Waals surface area contributed by atoms with E-state index in [1.54, 1.807) is 6.92 Å². The number of aliphatic carboxylic acids is 1. The maximum atomic E-state index is 13.4. The fourth-order valence-corrected chi connectivity index (χ4v) is 3.17. The highest BCUT2D eigenvalue weighted by atomic mass is 19.4. The van der Waals surface area contributed by atoms with Crippen LogP contribution in [0.1, 0.15) is 31.7 Å². The van der Waals surface area contributed by atoms with Crippen molar-refractivity contribution < 1.29 is 72.8 Å². The minimum absolute atomic E-state index is 0.0379. The van der Waals surface area contributed by atoms with Gasteiger partial charge in [0.15, 0.2) is 12.7 Å². The molecule has 0 heterocycles. The van der Waals surface area contributed by atoms with Gasteiger partial charge >= 0.3 is 36.3 Å². The summed E-state index contributed by atoms with van der Waals surface area (Å²) in [5, 5.41) is 9.13. The molecule has 40 heavy (non-hydrogen) atoms. The van der Waals surface area contributed by atoms with Crippen LogP contribution in [0.5, 0.6) is 5.75 Å². The van der Waals surface area contributed by atoms with Crippen molar-refractivity contribution in [1.29, 1.82) is 0 Å². The zero-order valence-electron chi connectivity index (χ0n) is 21.0. The number of carbonyl (C=O) groups excluding carboxylic acids is 1. The maximum absolute atomic E-state index is 13.4. The molecule has 0 saturated carbocycles. The van der Waals surface area contributed by atoms with Gasteiger partial charge in [0, 0.05) is 26.0 Å². The van der Waals surface area contributed by atoms with Crippen molar-refractivity contribution in [2.45, 2.75) is 62.9 Å². The van der Waals surface area contributed by atoms with E-state index in [4.69, 9.17) is 14.6 Å². The summed E-state index contributed by atoms with van der Waals surface area (Å²) in [6.07, 6.45) is -17.4. The number of carboxylic acid groups (broad SMARTS) is 1. The molecule has 7 nitrogen and oxygen atoms in total. The van der Waals surface area contributed by atoms with Crippen LogP contribution in [0.25, 0.3) is 0 Å². The van der Waals surface area contributed by atoms with Crippen LogP contribution in [-0.4, -0.2) is 85.3 Å². The number of carboxylic acids is 1. The molecule has 0 aliphatic rings. The highest BCUT2D eigenvalue weighted by Crippen LogP contribution is 2.48. The van der Waals surface area contributed by atoms with E-state index in [1.165, 1.54) is 24.3 Å². The summed E-state index contributed by atoms with van der Waals surface area (Å²) >= 11 is 0. The van der Waals surface area contributed by atoms with Gasteiger partial charge in [0.2, 0.25) is 0 Å². The molecule has 1 rings (SSSR count). The van der Waals surface area contributed by atoms with Crippen LogP contribution in [-0.2, 0) is 20.7 Å². The Bertz CT molecular complexity index is 938. The first-order valence-electron chi connectivity index (χ1n) is 11.7. The van der Waals surface area contributed by atoms with E-state index < -0.39 is 81.3 Å². The second-order valence-corrected chi connectivity index (χ2v) is 8.37. The maximum Gasteiger partial charge on any atom is 0.459 e. The number of amides is 1. The van der Waals surface area contributed by atoms with Crippen LogP contribution in [0.15, 0.2) is 24.3 Å². The number of unbranched alkanes of at least 4 members (excludes halogenated alkanes) is 1. The van der Waals surface area contributed by atoms with Gasteiger partial charge in [-0.2, -0.15) is 43.9 Å². The van der Waals surface area contributed by atoms with Crippen molar-refractivity contribution in [3.63, 3.8) is 0 Å².